The van der Waals surface area contributed by atoms with Crippen LogP contribution in [0, 0.1) is 5.92 Å². The van der Waals surface area contributed by atoms with Crippen molar-refractivity contribution in [3.63, 3.8) is 0 Å². The third-order valence-electron chi connectivity index (χ3n) is 4.82. The van der Waals surface area contributed by atoms with Gasteiger partial charge in [0.25, 0.3) is 0 Å². The number of halogens is 1. The second-order valence-electron chi connectivity index (χ2n) is 5.96. The topological polar surface area (TPSA) is 29.3 Å². The first-order chi connectivity index (χ1) is 9.88. The zero-order valence-corrected chi connectivity index (χ0v) is 12.9. The average molecular weight is 301 g/mol. The fraction of sp³-hybridized carbons (Fsp3) is 0.333. The van der Waals surface area contributed by atoms with E-state index in [4.69, 9.17) is 5.73 Å². The number of hydrogen-bond acceptors (Lipinski definition) is 2. The monoisotopic (exact) mass is 300 g/mol. The summed E-state index contributed by atoms with van der Waals surface area (Å²) in [5.41, 5.74) is 11.6. The van der Waals surface area contributed by atoms with Crippen LogP contribution in [0.25, 0.3) is 11.1 Å². The second-order valence-corrected chi connectivity index (χ2v) is 5.96. The van der Waals surface area contributed by atoms with Gasteiger partial charge in [-0.15, -0.1) is 12.4 Å². The van der Waals surface area contributed by atoms with Gasteiger partial charge in [-0.3, -0.25) is 4.90 Å². The number of benzene rings is 2. The standard InChI is InChI=1S/C18H20N2.ClH/c19-11-13-9-10-20(12-13)18-16-7-3-1-5-14(16)15-6-2-4-8-17(15)18;/h1-8,13,18H,9-12,19H2;1H. The van der Waals surface area contributed by atoms with E-state index in [1.54, 1.807) is 0 Å². The van der Waals surface area contributed by atoms with Crippen LogP contribution in [0.3, 0.4) is 0 Å². The smallest absolute Gasteiger partial charge is 0.0614 e. The van der Waals surface area contributed by atoms with Crippen LogP contribution in [-0.4, -0.2) is 24.5 Å². The summed E-state index contributed by atoms with van der Waals surface area (Å²) in [6.45, 7) is 3.10. The molecule has 2 aliphatic rings. The van der Waals surface area contributed by atoms with Crippen molar-refractivity contribution in [2.75, 3.05) is 19.6 Å². The SMILES string of the molecule is Cl.NCC1CCN(C2c3ccccc3-c3ccccc32)C1. The van der Waals surface area contributed by atoms with Gasteiger partial charge in [-0.1, -0.05) is 48.5 Å². The van der Waals surface area contributed by atoms with Crippen LogP contribution < -0.4 is 5.73 Å². The van der Waals surface area contributed by atoms with Crippen LogP contribution in [0.4, 0.5) is 0 Å². The lowest BCUT2D eigenvalue weighted by molar-refractivity contribution is 0.274. The summed E-state index contributed by atoms with van der Waals surface area (Å²) in [6.07, 6.45) is 1.23. The molecule has 0 amide bonds. The maximum absolute atomic E-state index is 5.86. The summed E-state index contributed by atoms with van der Waals surface area (Å²) in [5.74, 6) is 0.662. The summed E-state index contributed by atoms with van der Waals surface area (Å²) < 4.78 is 0. The Hall–Kier alpha value is -1.35. The summed E-state index contributed by atoms with van der Waals surface area (Å²) in [6, 6.07) is 18.1. The third-order valence-corrected chi connectivity index (χ3v) is 4.82. The first kappa shape index (κ1) is 14.6. The molecule has 1 saturated heterocycles. The lowest BCUT2D eigenvalue weighted by Crippen LogP contribution is -2.27. The van der Waals surface area contributed by atoms with Gasteiger partial charge in [0, 0.05) is 6.54 Å². The Morgan fingerprint density at radius 2 is 1.52 bits per heavy atom. The Morgan fingerprint density at radius 1 is 0.952 bits per heavy atom. The first-order valence-corrected chi connectivity index (χ1v) is 7.51. The van der Waals surface area contributed by atoms with E-state index in [0.29, 0.717) is 12.0 Å². The molecule has 110 valence electrons. The van der Waals surface area contributed by atoms with E-state index in [2.05, 4.69) is 53.4 Å². The Morgan fingerprint density at radius 3 is 2.05 bits per heavy atom. The van der Waals surface area contributed by atoms with Gasteiger partial charge in [-0.2, -0.15) is 0 Å². The maximum Gasteiger partial charge on any atom is 0.0614 e. The minimum Gasteiger partial charge on any atom is -0.330 e. The van der Waals surface area contributed by atoms with Gasteiger partial charge < -0.3 is 5.73 Å². The summed E-state index contributed by atoms with van der Waals surface area (Å²) >= 11 is 0. The highest BCUT2D eigenvalue weighted by molar-refractivity contribution is 5.85. The van der Waals surface area contributed by atoms with Crippen LogP contribution in [0.15, 0.2) is 48.5 Å². The van der Waals surface area contributed by atoms with E-state index in [9.17, 15) is 0 Å². The van der Waals surface area contributed by atoms with E-state index >= 15 is 0 Å². The number of nitrogens with zero attached hydrogens (tertiary/aromatic N) is 1. The molecule has 4 rings (SSSR count). The van der Waals surface area contributed by atoms with E-state index in [1.165, 1.54) is 28.7 Å². The molecule has 1 unspecified atom stereocenters. The Balaban J connectivity index is 0.00000132. The van der Waals surface area contributed by atoms with Crippen LogP contribution in [0.5, 0.6) is 0 Å². The molecule has 2 aromatic carbocycles. The fourth-order valence-corrected chi connectivity index (χ4v) is 3.81. The van der Waals surface area contributed by atoms with Gasteiger partial charge in [-0.05, 0) is 47.7 Å². The molecule has 2 N–H and O–H groups in total. The third kappa shape index (κ3) is 2.28. The summed E-state index contributed by atoms with van der Waals surface area (Å²) in [5, 5.41) is 0. The van der Waals surface area contributed by atoms with Gasteiger partial charge in [0.2, 0.25) is 0 Å². The minimum absolute atomic E-state index is 0. The van der Waals surface area contributed by atoms with Gasteiger partial charge in [0.05, 0.1) is 6.04 Å². The highest BCUT2D eigenvalue weighted by atomic mass is 35.5. The molecule has 1 heterocycles. The zero-order valence-electron chi connectivity index (χ0n) is 12.0. The van der Waals surface area contributed by atoms with E-state index in [-0.39, 0.29) is 12.4 Å². The Labute approximate surface area is 132 Å². The molecule has 1 aliphatic heterocycles. The molecule has 2 aromatic rings. The lowest BCUT2D eigenvalue weighted by atomic mass is 10.0. The van der Waals surface area contributed by atoms with Gasteiger partial charge >= 0.3 is 0 Å². The zero-order chi connectivity index (χ0) is 13.5. The molecule has 1 aliphatic carbocycles. The van der Waals surface area contributed by atoms with Crippen LogP contribution >= 0.6 is 12.4 Å². The van der Waals surface area contributed by atoms with Crippen molar-refractivity contribution in [1.29, 1.82) is 0 Å². The molecule has 1 atom stereocenters. The average Bonchev–Trinajstić information content (AvgIpc) is 3.09. The van der Waals surface area contributed by atoms with Gasteiger partial charge in [0.1, 0.15) is 0 Å². The van der Waals surface area contributed by atoms with Crippen molar-refractivity contribution >= 4 is 12.4 Å². The highest BCUT2D eigenvalue weighted by Gasteiger charge is 2.35. The minimum atomic E-state index is 0. The van der Waals surface area contributed by atoms with Gasteiger partial charge in [-0.25, -0.2) is 0 Å². The molecule has 0 radical (unpaired) electrons. The normalized spacial score (nSPS) is 20.9. The molecular formula is C18H21ClN2. The Bertz CT molecular complexity index is 595. The highest BCUT2D eigenvalue weighted by Crippen LogP contribution is 2.47. The predicted molar refractivity (Wildman–Crippen MR) is 89.7 cm³/mol. The molecule has 0 aromatic heterocycles. The van der Waals surface area contributed by atoms with E-state index in [1.807, 2.05) is 0 Å². The van der Waals surface area contributed by atoms with Gasteiger partial charge in [0.15, 0.2) is 0 Å². The summed E-state index contributed by atoms with van der Waals surface area (Å²) in [4.78, 5) is 2.61. The number of hydrogen-bond donors (Lipinski definition) is 1. The second kappa shape index (κ2) is 5.80. The van der Waals surface area contributed by atoms with Crippen molar-refractivity contribution in [2.45, 2.75) is 12.5 Å². The molecule has 2 nitrogen and oxygen atoms in total. The fourth-order valence-electron chi connectivity index (χ4n) is 3.81. The maximum atomic E-state index is 5.86. The van der Waals surface area contributed by atoms with Crippen molar-refractivity contribution in [3.8, 4) is 11.1 Å². The first-order valence-electron chi connectivity index (χ1n) is 7.51. The quantitative estimate of drug-likeness (QED) is 0.920. The molecular weight excluding hydrogens is 280 g/mol. The number of likely N-dealkylation sites (tertiary alicyclic amines) is 1. The van der Waals surface area contributed by atoms with Crippen molar-refractivity contribution in [1.82, 2.24) is 4.90 Å². The van der Waals surface area contributed by atoms with Crippen molar-refractivity contribution < 1.29 is 0 Å². The lowest BCUT2D eigenvalue weighted by Gasteiger charge is -2.26. The van der Waals surface area contributed by atoms with Crippen LogP contribution in [0.1, 0.15) is 23.6 Å². The number of rotatable bonds is 2. The predicted octanol–water partition coefficient (Wildman–Crippen LogP) is 3.46. The molecule has 21 heavy (non-hydrogen) atoms. The Kier molecular flexibility index (Phi) is 4.03. The molecule has 3 heteroatoms. The van der Waals surface area contributed by atoms with E-state index in [0.717, 1.165) is 19.6 Å². The van der Waals surface area contributed by atoms with Crippen LogP contribution in [-0.2, 0) is 0 Å². The molecule has 0 spiro atoms. The molecule has 1 fully saturated rings. The number of fused-ring (bicyclic) bond motifs is 3. The number of nitrogens with two attached hydrogens (primary N) is 1. The van der Waals surface area contributed by atoms with Crippen molar-refractivity contribution in [2.24, 2.45) is 11.7 Å². The largest absolute Gasteiger partial charge is 0.330 e. The molecule has 0 saturated carbocycles. The van der Waals surface area contributed by atoms with Crippen LogP contribution in [0.2, 0.25) is 0 Å². The van der Waals surface area contributed by atoms with Crippen molar-refractivity contribution in [3.05, 3.63) is 59.7 Å². The molecule has 0 bridgehead atoms. The summed E-state index contributed by atoms with van der Waals surface area (Å²) in [7, 11) is 0. The van der Waals surface area contributed by atoms with E-state index < -0.39 is 0 Å².